The summed E-state index contributed by atoms with van der Waals surface area (Å²) in [5.41, 5.74) is 4.39. The fraction of sp³-hybridized carbons (Fsp3) is 0.122. The van der Waals surface area contributed by atoms with Crippen LogP contribution in [0.25, 0.3) is 0 Å². The van der Waals surface area contributed by atoms with Crippen LogP contribution in [-0.2, 0) is 26.9 Å². The van der Waals surface area contributed by atoms with E-state index >= 15 is 0 Å². The molecule has 8 heteroatoms. The van der Waals surface area contributed by atoms with Gasteiger partial charge in [-0.25, -0.2) is 0 Å². The third-order valence-electron chi connectivity index (χ3n) is 7.73. The number of halogens is 1. The summed E-state index contributed by atoms with van der Waals surface area (Å²) in [5, 5.41) is 0. The normalized spacial score (nSPS) is 10.9. The molecule has 0 aliphatic carbocycles. The van der Waals surface area contributed by atoms with Crippen molar-refractivity contribution < 1.29 is 18.5 Å². The van der Waals surface area contributed by atoms with Gasteiger partial charge in [-0.15, -0.1) is 0 Å². The summed E-state index contributed by atoms with van der Waals surface area (Å²) in [6, 6.07) is 65.8. The van der Waals surface area contributed by atoms with Crippen LogP contribution in [-0.4, -0.2) is 50.1 Å². The van der Waals surface area contributed by atoms with Gasteiger partial charge in [-0.2, -0.15) is 0 Å². The van der Waals surface area contributed by atoms with E-state index in [-0.39, 0.29) is 0 Å². The second kappa shape index (κ2) is 21.0. The molecular weight excluding hydrogens is 905 g/mol. The van der Waals surface area contributed by atoms with E-state index in [0.717, 1.165) is 14.2 Å². The van der Waals surface area contributed by atoms with Gasteiger partial charge in [0.05, 0.1) is 0 Å². The van der Waals surface area contributed by atoms with Gasteiger partial charge in [-0.1, -0.05) is 0 Å². The Morgan fingerprint density at radius 2 is 0.714 bits per heavy atom. The van der Waals surface area contributed by atoms with Crippen molar-refractivity contribution in [1.29, 1.82) is 0 Å². The minimum absolute atomic E-state index is 1.04. The first-order valence-corrected chi connectivity index (χ1v) is 34.3. The SMILES string of the molecule is COP(=O)([O-])OC.[Br][Sn]([CH2]c1ccccc1)([CH2]c1ccccc1)[CH2]c1ccccc1.c1cc[c]([Sn+]([c]2ccccc2)[c]2ccccc2)cc1. The molecule has 0 fully saturated rings. The van der Waals surface area contributed by atoms with Crippen molar-refractivity contribution >= 4 is 67.2 Å². The van der Waals surface area contributed by atoms with Crippen molar-refractivity contribution in [2.24, 2.45) is 0 Å². The standard InChI is InChI=1S/3C7H7.3C6H5.C2H7O4P.BrH.2Sn/c3*1-7-5-3-2-4-6-7;3*1-2-4-6-5-3-1;1-5-7(3,4)6-2;;;/h3*2-6H,1H2;3*1-5H;1-2H3,(H,3,4);1H;;/q;;;;;;;;2*+1/p-2. The predicted molar refractivity (Wildman–Crippen MR) is 211 cm³/mol. The van der Waals surface area contributed by atoms with Crippen molar-refractivity contribution in [2.45, 2.75) is 13.3 Å². The first-order chi connectivity index (χ1) is 23.8. The van der Waals surface area contributed by atoms with E-state index in [0.29, 0.717) is 0 Å². The summed E-state index contributed by atoms with van der Waals surface area (Å²) in [7, 11) is -1.83. The van der Waals surface area contributed by atoms with Gasteiger partial charge < -0.3 is 13.9 Å². The maximum absolute atomic E-state index is 9.95. The van der Waals surface area contributed by atoms with Gasteiger partial charge in [0.2, 0.25) is 0 Å². The Hall–Kier alpha value is -2.49. The van der Waals surface area contributed by atoms with E-state index in [1.165, 1.54) is 40.7 Å². The molecule has 0 saturated carbocycles. The van der Waals surface area contributed by atoms with E-state index in [9.17, 15) is 9.46 Å². The molecule has 0 radical (unpaired) electrons. The molecule has 0 aliphatic rings. The number of phosphoric ester groups is 1. The summed E-state index contributed by atoms with van der Waals surface area (Å²) in [5.74, 6) is 0. The second-order valence-corrected chi connectivity index (χ2v) is 41.0. The molecule has 49 heavy (non-hydrogen) atoms. The number of hydrogen-bond acceptors (Lipinski definition) is 4. The van der Waals surface area contributed by atoms with Crippen LogP contribution in [0.3, 0.4) is 0 Å². The van der Waals surface area contributed by atoms with Crippen LogP contribution in [0.5, 0.6) is 0 Å². The fourth-order valence-electron chi connectivity index (χ4n) is 5.46. The van der Waals surface area contributed by atoms with Gasteiger partial charge in [0.1, 0.15) is 0 Å². The Morgan fingerprint density at radius 3 is 0.918 bits per heavy atom. The summed E-state index contributed by atoms with van der Waals surface area (Å²) < 4.78 is 25.9. The van der Waals surface area contributed by atoms with Crippen molar-refractivity contribution in [3.8, 4) is 0 Å². The van der Waals surface area contributed by atoms with Crippen molar-refractivity contribution in [2.75, 3.05) is 14.2 Å². The van der Waals surface area contributed by atoms with Crippen LogP contribution >= 0.6 is 20.5 Å². The topological polar surface area (TPSA) is 58.6 Å². The molecule has 0 bridgehead atoms. The summed E-state index contributed by atoms with van der Waals surface area (Å²) >= 11 is -0.198. The molecule has 0 atom stereocenters. The quantitative estimate of drug-likeness (QED) is 0.0992. The molecule has 0 saturated heterocycles. The summed E-state index contributed by atoms with van der Waals surface area (Å²) in [4.78, 5) is 9.95. The molecule has 250 valence electrons. The minimum atomic E-state index is -3.90. The zero-order chi connectivity index (χ0) is 34.8. The Kier molecular flexibility index (Phi) is 16.8. The third kappa shape index (κ3) is 14.0. The number of benzene rings is 6. The van der Waals surface area contributed by atoms with E-state index in [1.807, 2.05) is 0 Å². The molecule has 0 aliphatic heterocycles. The van der Waals surface area contributed by atoms with Crippen LogP contribution in [0.1, 0.15) is 16.7 Å². The van der Waals surface area contributed by atoms with Crippen LogP contribution < -0.4 is 15.6 Å². The summed E-state index contributed by atoms with van der Waals surface area (Å²) in [6.07, 6.45) is 0. The second-order valence-electron chi connectivity index (χ2n) is 11.4. The van der Waals surface area contributed by atoms with Crippen LogP contribution in [0.15, 0.2) is 182 Å². The van der Waals surface area contributed by atoms with Crippen LogP contribution in [0, 0.1) is 0 Å². The Balaban J connectivity index is 0.000000188. The monoisotopic (exact) mass is 948 g/mol. The molecule has 0 heterocycles. The zero-order valence-electron chi connectivity index (χ0n) is 27.9. The van der Waals surface area contributed by atoms with Crippen molar-refractivity contribution in [3.05, 3.63) is 199 Å². The average molecular weight is 947 g/mol. The molecule has 6 aromatic carbocycles. The van der Waals surface area contributed by atoms with Crippen LogP contribution in [0.4, 0.5) is 0 Å². The van der Waals surface area contributed by atoms with Gasteiger partial charge in [0.25, 0.3) is 7.82 Å². The number of rotatable bonds is 11. The number of hydrogen-bond donors (Lipinski definition) is 0. The van der Waals surface area contributed by atoms with Gasteiger partial charge in [-0.05, 0) is 0 Å². The van der Waals surface area contributed by atoms with Gasteiger partial charge in [0.15, 0.2) is 0 Å². The molecule has 6 rings (SSSR count). The van der Waals surface area contributed by atoms with E-state index in [4.69, 9.17) is 0 Å². The Labute approximate surface area is 309 Å². The molecule has 0 spiro atoms. The summed E-state index contributed by atoms with van der Waals surface area (Å²) in [6.45, 7) is 0. The first-order valence-electron chi connectivity index (χ1n) is 16.1. The number of phosphoric acid groups is 1. The Bertz CT molecular complexity index is 1600. The zero-order valence-corrected chi connectivity index (χ0v) is 36.1. The van der Waals surface area contributed by atoms with Gasteiger partial charge >= 0.3 is 271 Å². The predicted octanol–water partition coefficient (Wildman–Crippen LogP) is 7.62. The Morgan fingerprint density at radius 1 is 0.490 bits per heavy atom. The van der Waals surface area contributed by atoms with E-state index < -0.39 is 43.7 Å². The molecule has 4 nitrogen and oxygen atoms in total. The average Bonchev–Trinajstić information content (AvgIpc) is 3.15. The molecule has 0 aromatic heterocycles. The maximum atomic E-state index is 9.95. The van der Waals surface area contributed by atoms with E-state index in [1.54, 1.807) is 0 Å². The van der Waals surface area contributed by atoms with Crippen molar-refractivity contribution in [1.82, 2.24) is 0 Å². The molecule has 0 amide bonds. The fourth-order valence-corrected chi connectivity index (χ4v) is 28.8. The van der Waals surface area contributed by atoms with Gasteiger partial charge in [0, 0.05) is 14.2 Å². The van der Waals surface area contributed by atoms with Gasteiger partial charge in [-0.3, -0.25) is 4.57 Å². The molecule has 0 N–H and O–H groups in total. The van der Waals surface area contributed by atoms with Crippen molar-refractivity contribution in [3.63, 3.8) is 0 Å². The van der Waals surface area contributed by atoms with Crippen LogP contribution in [0.2, 0.25) is 0 Å². The third-order valence-corrected chi connectivity index (χ3v) is 31.0. The van der Waals surface area contributed by atoms with E-state index in [2.05, 4.69) is 204 Å². The molecule has 0 unspecified atom stereocenters. The molecular formula is C41H42BrO4PSn2. The molecule has 6 aromatic rings. The first kappa shape index (κ1) is 39.3.